The molecule has 3 aliphatic rings. The molecule has 4 heteroatoms. The Kier molecular flexibility index (Phi) is 1.56. The maximum absolute atomic E-state index is 12.0. The molecule has 1 spiro atoms. The van der Waals surface area contributed by atoms with Crippen molar-refractivity contribution in [3.63, 3.8) is 0 Å². The number of carbonyl (C=O) groups is 2. The van der Waals surface area contributed by atoms with E-state index in [1.165, 1.54) is 6.08 Å². The molecule has 1 aromatic heterocycles. The normalized spacial score (nSPS) is 28.0. The Hall–Kier alpha value is -2.36. The number of nitrogens with zero attached hydrogens (tertiary/aromatic N) is 1. The van der Waals surface area contributed by atoms with Gasteiger partial charge in [-0.3, -0.25) is 9.59 Å². The van der Waals surface area contributed by atoms with Gasteiger partial charge in [-0.25, -0.2) is 0 Å². The first-order valence-corrected chi connectivity index (χ1v) is 5.74. The van der Waals surface area contributed by atoms with E-state index in [0.29, 0.717) is 0 Å². The molecule has 0 fully saturated rings. The number of amides is 1. The van der Waals surface area contributed by atoms with Crippen LogP contribution in [0.4, 0.5) is 0 Å². The SMILES string of the molecule is O=C1C=CC2=CC(=O)N3C=Cc4occc4C23C1. The topological polar surface area (TPSA) is 50.5 Å². The lowest BCUT2D eigenvalue weighted by molar-refractivity contribution is -0.127. The molecule has 3 heterocycles. The van der Waals surface area contributed by atoms with Crippen LogP contribution in [0.2, 0.25) is 0 Å². The fourth-order valence-corrected chi connectivity index (χ4v) is 3.03. The number of ketones is 1. The minimum atomic E-state index is -0.681. The highest BCUT2D eigenvalue weighted by Crippen LogP contribution is 2.50. The van der Waals surface area contributed by atoms with Crippen molar-refractivity contribution in [2.24, 2.45) is 0 Å². The number of carbonyl (C=O) groups excluding carboxylic acids is 2. The third-order valence-electron chi connectivity index (χ3n) is 3.80. The van der Waals surface area contributed by atoms with Crippen molar-refractivity contribution in [2.75, 3.05) is 0 Å². The summed E-state index contributed by atoms with van der Waals surface area (Å²) in [7, 11) is 0. The largest absolute Gasteiger partial charge is 0.465 e. The van der Waals surface area contributed by atoms with Crippen LogP contribution in [-0.2, 0) is 15.1 Å². The highest BCUT2D eigenvalue weighted by molar-refractivity contribution is 6.02. The van der Waals surface area contributed by atoms with Crippen molar-refractivity contribution in [3.05, 3.63) is 53.7 Å². The molecule has 1 unspecified atom stereocenters. The van der Waals surface area contributed by atoms with Crippen LogP contribution in [-0.4, -0.2) is 16.6 Å². The summed E-state index contributed by atoms with van der Waals surface area (Å²) in [4.78, 5) is 25.4. The number of hydrogen-bond donors (Lipinski definition) is 0. The van der Waals surface area contributed by atoms with Gasteiger partial charge in [0.15, 0.2) is 5.78 Å². The van der Waals surface area contributed by atoms with Gasteiger partial charge in [0, 0.05) is 24.3 Å². The molecule has 2 aliphatic heterocycles. The first-order valence-electron chi connectivity index (χ1n) is 5.74. The van der Waals surface area contributed by atoms with Gasteiger partial charge >= 0.3 is 0 Å². The molecule has 1 aliphatic carbocycles. The molecule has 0 N–H and O–H groups in total. The van der Waals surface area contributed by atoms with Crippen molar-refractivity contribution in [3.8, 4) is 0 Å². The molecule has 1 aromatic rings. The van der Waals surface area contributed by atoms with E-state index in [1.807, 2.05) is 6.07 Å². The third kappa shape index (κ3) is 0.921. The Balaban J connectivity index is 2.05. The summed E-state index contributed by atoms with van der Waals surface area (Å²) in [6, 6.07) is 1.84. The molecule has 0 radical (unpaired) electrons. The molecule has 0 saturated heterocycles. The smallest absolute Gasteiger partial charge is 0.251 e. The van der Waals surface area contributed by atoms with Crippen LogP contribution in [0.5, 0.6) is 0 Å². The molecule has 4 nitrogen and oxygen atoms in total. The number of allylic oxidation sites excluding steroid dienone is 1. The van der Waals surface area contributed by atoms with Gasteiger partial charge in [0.25, 0.3) is 5.91 Å². The van der Waals surface area contributed by atoms with Gasteiger partial charge in [-0.05, 0) is 23.8 Å². The van der Waals surface area contributed by atoms with Crippen molar-refractivity contribution in [1.29, 1.82) is 0 Å². The van der Waals surface area contributed by atoms with E-state index >= 15 is 0 Å². The van der Waals surface area contributed by atoms with Crippen LogP contribution in [0.25, 0.3) is 6.08 Å². The van der Waals surface area contributed by atoms with Crippen molar-refractivity contribution in [1.82, 2.24) is 4.90 Å². The number of rotatable bonds is 0. The standard InChI is InChI=1S/C14H9NO3/c16-10-2-1-9-7-13(17)15-5-3-12-11(4-6-18-12)14(9,15)8-10/h1-7H,8H2. The van der Waals surface area contributed by atoms with Crippen LogP contribution < -0.4 is 0 Å². The molecule has 1 amide bonds. The number of fused-ring (bicyclic) bond motifs is 1. The molecule has 0 saturated carbocycles. The second kappa shape index (κ2) is 2.90. The quantitative estimate of drug-likeness (QED) is 0.693. The van der Waals surface area contributed by atoms with Crippen molar-refractivity contribution in [2.45, 2.75) is 12.0 Å². The van der Waals surface area contributed by atoms with E-state index in [-0.39, 0.29) is 18.1 Å². The van der Waals surface area contributed by atoms with Crippen LogP contribution >= 0.6 is 0 Å². The molecule has 18 heavy (non-hydrogen) atoms. The van der Waals surface area contributed by atoms with Gasteiger partial charge in [-0.1, -0.05) is 6.08 Å². The van der Waals surface area contributed by atoms with Gasteiger partial charge < -0.3 is 9.32 Å². The summed E-state index contributed by atoms with van der Waals surface area (Å²) in [6.07, 6.45) is 10.2. The van der Waals surface area contributed by atoms with Gasteiger partial charge in [0.2, 0.25) is 0 Å². The zero-order valence-corrected chi connectivity index (χ0v) is 9.42. The first-order chi connectivity index (χ1) is 8.72. The Morgan fingerprint density at radius 1 is 1.22 bits per heavy atom. The molecule has 0 bridgehead atoms. The maximum Gasteiger partial charge on any atom is 0.251 e. The van der Waals surface area contributed by atoms with Crippen molar-refractivity contribution < 1.29 is 14.0 Å². The summed E-state index contributed by atoms with van der Waals surface area (Å²) < 4.78 is 5.39. The van der Waals surface area contributed by atoms with Gasteiger partial charge in [-0.2, -0.15) is 0 Å². The molecule has 0 aromatic carbocycles. The van der Waals surface area contributed by atoms with Gasteiger partial charge in [0.05, 0.1) is 6.26 Å². The van der Waals surface area contributed by atoms with E-state index in [4.69, 9.17) is 4.42 Å². The van der Waals surface area contributed by atoms with Gasteiger partial charge in [0.1, 0.15) is 11.3 Å². The van der Waals surface area contributed by atoms with E-state index in [0.717, 1.165) is 16.9 Å². The highest BCUT2D eigenvalue weighted by atomic mass is 16.3. The minimum Gasteiger partial charge on any atom is -0.465 e. The summed E-state index contributed by atoms with van der Waals surface area (Å²) in [5, 5.41) is 0. The zero-order chi connectivity index (χ0) is 12.3. The summed E-state index contributed by atoms with van der Waals surface area (Å²) in [5.41, 5.74) is 1.07. The Bertz CT molecular complexity index is 677. The van der Waals surface area contributed by atoms with E-state index in [9.17, 15) is 9.59 Å². The lowest BCUT2D eigenvalue weighted by atomic mass is 9.75. The first kappa shape index (κ1) is 9.65. The second-order valence-corrected chi connectivity index (χ2v) is 4.66. The maximum atomic E-state index is 12.0. The molecular formula is C14H9NO3. The molecule has 4 rings (SSSR count). The van der Waals surface area contributed by atoms with Crippen LogP contribution in [0.15, 0.2) is 46.7 Å². The third-order valence-corrected chi connectivity index (χ3v) is 3.80. The van der Waals surface area contributed by atoms with Gasteiger partial charge in [-0.15, -0.1) is 0 Å². The molecule has 88 valence electrons. The van der Waals surface area contributed by atoms with E-state index in [2.05, 4.69) is 0 Å². The summed E-state index contributed by atoms with van der Waals surface area (Å²) >= 11 is 0. The van der Waals surface area contributed by atoms with Crippen molar-refractivity contribution >= 4 is 17.8 Å². The minimum absolute atomic E-state index is 0.0225. The second-order valence-electron chi connectivity index (χ2n) is 4.66. The Morgan fingerprint density at radius 2 is 2.11 bits per heavy atom. The van der Waals surface area contributed by atoms with Crippen LogP contribution in [0.3, 0.4) is 0 Å². The lowest BCUT2D eigenvalue weighted by Gasteiger charge is -2.41. The number of furan rings is 1. The Labute approximate surface area is 103 Å². The molecular weight excluding hydrogens is 230 g/mol. The van der Waals surface area contributed by atoms with Crippen LogP contribution in [0.1, 0.15) is 17.7 Å². The summed E-state index contributed by atoms with van der Waals surface area (Å²) in [5.74, 6) is 0.650. The lowest BCUT2D eigenvalue weighted by Crippen LogP contribution is -2.46. The average molecular weight is 239 g/mol. The van der Waals surface area contributed by atoms with Crippen LogP contribution in [0, 0.1) is 0 Å². The molecule has 1 atom stereocenters. The monoisotopic (exact) mass is 239 g/mol. The van der Waals surface area contributed by atoms with E-state index < -0.39 is 5.54 Å². The predicted molar refractivity (Wildman–Crippen MR) is 63.1 cm³/mol. The zero-order valence-electron chi connectivity index (χ0n) is 9.42. The van der Waals surface area contributed by atoms with E-state index in [1.54, 1.807) is 35.6 Å². The average Bonchev–Trinajstić information content (AvgIpc) is 2.91. The number of hydrogen-bond acceptors (Lipinski definition) is 3. The predicted octanol–water partition coefficient (Wildman–Crippen LogP) is 1.76. The Morgan fingerprint density at radius 3 is 3.00 bits per heavy atom. The summed E-state index contributed by atoms with van der Waals surface area (Å²) in [6.45, 7) is 0. The fourth-order valence-electron chi connectivity index (χ4n) is 3.03. The fraction of sp³-hybridized carbons (Fsp3) is 0.143. The highest BCUT2D eigenvalue weighted by Gasteiger charge is 2.52.